The van der Waals surface area contributed by atoms with Gasteiger partial charge in [-0.25, -0.2) is 0 Å². The second-order valence-electron chi connectivity index (χ2n) is 4.95. The van der Waals surface area contributed by atoms with Crippen LogP contribution in [-0.4, -0.2) is 16.6 Å². The van der Waals surface area contributed by atoms with Gasteiger partial charge in [-0.2, -0.15) is 0 Å². The van der Waals surface area contributed by atoms with Crippen LogP contribution in [0, 0.1) is 5.92 Å². The first-order valence-corrected chi connectivity index (χ1v) is 5.02. The van der Waals surface area contributed by atoms with Gasteiger partial charge in [-0.05, 0) is 41.0 Å². The van der Waals surface area contributed by atoms with Gasteiger partial charge in [-0.1, -0.05) is 0 Å². The SMILES string of the molecule is CC(Cl)C1CC(C)(C)OC1(C)C. The Morgan fingerprint density at radius 1 is 1.33 bits per heavy atom. The summed E-state index contributed by atoms with van der Waals surface area (Å²) >= 11 is 6.12. The summed E-state index contributed by atoms with van der Waals surface area (Å²) in [4.78, 5) is 0. The number of hydrogen-bond donors (Lipinski definition) is 0. The predicted octanol–water partition coefficient (Wildman–Crippen LogP) is 3.21. The molecule has 0 aliphatic carbocycles. The smallest absolute Gasteiger partial charge is 0.0676 e. The molecule has 1 fully saturated rings. The van der Waals surface area contributed by atoms with E-state index in [1.165, 1.54) is 0 Å². The second-order valence-corrected chi connectivity index (χ2v) is 5.64. The average Bonchev–Trinajstić information content (AvgIpc) is 1.99. The Balaban J connectivity index is 2.78. The molecular formula is C10H19ClO. The van der Waals surface area contributed by atoms with Crippen LogP contribution < -0.4 is 0 Å². The highest BCUT2D eigenvalue weighted by Gasteiger charge is 2.47. The molecular weight excluding hydrogens is 172 g/mol. The maximum absolute atomic E-state index is 6.12. The molecule has 12 heavy (non-hydrogen) atoms. The Bertz CT molecular complexity index is 173. The van der Waals surface area contributed by atoms with Gasteiger partial charge in [0.25, 0.3) is 0 Å². The number of rotatable bonds is 1. The molecule has 2 unspecified atom stereocenters. The lowest BCUT2D eigenvalue weighted by Gasteiger charge is -2.28. The minimum atomic E-state index is -0.0648. The van der Waals surface area contributed by atoms with Gasteiger partial charge in [-0.15, -0.1) is 11.6 Å². The molecule has 1 rings (SSSR count). The van der Waals surface area contributed by atoms with E-state index in [2.05, 4.69) is 34.6 Å². The zero-order chi connectivity index (χ0) is 9.57. The molecule has 2 heteroatoms. The molecule has 1 aliphatic rings. The van der Waals surface area contributed by atoms with E-state index >= 15 is 0 Å². The number of ether oxygens (including phenoxy) is 1. The Morgan fingerprint density at radius 2 is 1.83 bits per heavy atom. The van der Waals surface area contributed by atoms with Crippen molar-refractivity contribution in [1.29, 1.82) is 0 Å². The fraction of sp³-hybridized carbons (Fsp3) is 1.00. The quantitative estimate of drug-likeness (QED) is 0.577. The number of hydrogen-bond acceptors (Lipinski definition) is 1. The summed E-state index contributed by atoms with van der Waals surface area (Å²) in [5.74, 6) is 0.467. The van der Waals surface area contributed by atoms with E-state index in [0.717, 1.165) is 6.42 Å². The van der Waals surface area contributed by atoms with Gasteiger partial charge in [0.05, 0.1) is 11.2 Å². The van der Waals surface area contributed by atoms with Gasteiger partial charge in [-0.3, -0.25) is 0 Å². The first kappa shape index (κ1) is 10.3. The van der Waals surface area contributed by atoms with Crippen molar-refractivity contribution in [2.45, 2.75) is 57.6 Å². The van der Waals surface area contributed by atoms with Gasteiger partial charge >= 0.3 is 0 Å². The highest BCUT2D eigenvalue weighted by atomic mass is 35.5. The van der Waals surface area contributed by atoms with Crippen LogP contribution in [0.2, 0.25) is 0 Å². The largest absolute Gasteiger partial charge is 0.369 e. The van der Waals surface area contributed by atoms with E-state index in [9.17, 15) is 0 Å². The van der Waals surface area contributed by atoms with Crippen molar-refractivity contribution < 1.29 is 4.74 Å². The fourth-order valence-electron chi connectivity index (χ4n) is 2.32. The van der Waals surface area contributed by atoms with Gasteiger partial charge in [0.2, 0.25) is 0 Å². The van der Waals surface area contributed by atoms with Gasteiger partial charge in [0.1, 0.15) is 0 Å². The Morgan fingerprint density at radius 3 is 2.00 bits per heavy atom. The molecule has 0 bridgehead atoms. The van der Waals surface area contributed by atoms with Crippen molar-refractivity contribution in [3.05, 3.63) is 0 Å². The number of alkyl halides is 1. The van der Waals surface area contributed by atoms with Crippen molar-refractivity contribution in [1.82, 2.24) is 0 Å². The van der Waals surface area contributed by atoms with E-state index in [-0.39, 0.29) is 16.6 Å². The third kappa shape index (κ3) is 1.94. The fourth-order valence-corrected chi connectivity index (χ4v) is 2.71. The lowest BCUT2D eigenvalue weighted by atomic mass is 9.85. The third-order valence-electron chi connectivity index (χ3n) is 2.70. The summed E-state index contributed by atoms with van der Waals surface area (Å²) in [6.45, 7) is 10.6. The normalized spacial score (nSPS) is 35.0. The Hall–Kier alpha value is 0.250. The van der Waals surface area contributed by atoms with Crippen molar-refractivity contribution in [2.75, 3.05) is 0 Å². The molecule has 0 aromatic carbocycles. The van der Waals surface area contributed by atoms with Crippen molar-refractivity contribution in [3.8, 4) is 0 Å². The zero-order valence-electron chi connectivity index (χ0n) is 8.65. The van der Waals surface area contributed by atoms with Crippen LogP contribution in [0.5, 0.6) is 0 Å². The minimum absolute atomic E-state index is 0.00266. The minimum Gasteiger partial charge on any atom is -0.369 e. The molecule has 0 aromatic rings. The molecule has 2 atom stereocenters. The second kappa shape index (κ2) is 2.88. The molecule has 0 radical (unpaired) electrons. The van der Waals surface area contributed by atoms with E-state index in [1.54, 1.807) is 0 Å². The van der Waals surface area contributed by atoms with Gasteiger partial charge in [0.15, 0.2) is 0 Å². The maximum atomic E-state index is 6.12. The summed E-state index contributed by atoms with van der Waals surface area (Å²) in [5, 5.41) is 0.196. The third-order valence-corrected chi connectivity index (χ3v) is 3.00. The van der Waals surface area contributed by atoms with Crippen molar-refractivity contribution in [3.63, 3.8) is 0 Å². The molecule has 1 saturated heterocycles. The van der Waals surface area contributed by atoms with Crippen LogP contribution in [0.15, 0.2) is 0 Å². The zero-order valence-corrected chi connectivity index (χ0v) is 9.40. The van der Waals surface area contributed by atoms with Crippen molar-refractivity contribution in [2.24, 2.45) is 5.92 Å². The van der Waals surface area contributed by atoms with Crippen molar-refractivity contribution >= 4 is 11.6 Å². The lowest BCUT2D eigenvalue weighted by molar-refractivity contribution is -0.0744. The molecule has 0 amide bonds. The van der Waals surface area contributed by atoms with Crippen LogP contribution in [0.25, 0.3) is 0 Å². The van der Waals surface area contributed by atoms with Crippen LogP contribution in [-0.2, 0) is 4.74 Å². The summed E-state index contributed by atoms with van der Waals surface area (Å²) in [7, 11) is 0. The van der Waals surface area contributed by atoms with E-state index in [1.807, 2.05) is 0 Å². The molecule has 0 spiro atoms. The van der Waals surface area contributed by atoms with Crippen LogP contribution >= 0.6 is 11.6 Å². The summed E-state index contributed by atoms with van der Waals surface area (Å²) in [5.41, 5.74) is -0.0675. The van der Waals surface area contributed by atoms with Crippen LogP contribution in [0.1, 0.15) is 41.0 Å². The molecule has 1 aliphatic heterocycles. The molecule has 0 N–H and O–H groups in total. The molecule has 1 nitrogen and oxygen atoms in total. The highest BCUT2D eigenvalue weighted by molar-refractivity contribution is 6.20. The molecule has 1 heterocycles. The summed E-state index contributed by atoms with van der Waals surface area (Å²) in [6.07, 6.45) is 1.06. The predicted molar refractivity (Wildman–Crippen MR) is 52.7 cm³/mol. The molecule has 0 aromatic heterocycles. The Kier molecular flexibility index (Phi) is 2.48. The van der Waals surface area contributed by atoms with Gasteiger partial charge in [0, 0.05) is 11.3 Å². The average molecular weight is 191 g/mol. The first-order chi connectivity index (χ1) is 5.25. The monoisotopic (exact) mass is 190 g/mol. The van der Waals surface area contributed by atoms with Gasteiger partial charge < -0.3 is 4.74 Å². The van der Waals surface area contributed by atoms with E-state index in [4.69, 9.17) is 16.3 Å². The molecule has 72 valence electrons. The Labute approximate surface area is 80.4 Å². The highest BCUT2D eigenvalue weighted by Crippen LogP contribution is 2.44. The lowest BCUT2D eigenvalue weighted by Crippen LogP contribution is -2.32. The maximum Gasteiger partial charge on any atom is 0.0676 e. The van der Waals surface area contributed by atoms with E-state index < -0.39 is 0 Å². The topological polar surface area (TPSA) is 9.23 Å². The standard InChI is InChI=1S/C10H19ClO/c1-7(11)8-6-9(2,3)12-10(8,4)5/h7-8H,6H2,1-5H3. The van der Waals surface area contributed by atoms with E-state index in [0.29, 0.717) is 5.92 Å². The van der Waals surface area contributed by atoms with Crippen LogP contribution in [0.4, 0.5) is 0 Å². The number of halogens is 1. The van der Waals surface area contributed by atoms with Crippen LogP contribution in [0.3, 0.4) is 0 Å². The first-order valence-electron chi connectivity index (χ1n) is 4.59. The molecule has 0 saturated carbocycles. The summed E-state index contributed by atoms with van der Waals surface area (Å²) < 4.78 is 5.93. The summed E-state index contributed by atoms with van der Waals surface area (Å²) in [6, 6.07) is 0.